The highest BCUT2D eigenvalue weighted by Gasteiger charge is 2.14. The Morgan fingerprint density at radius 1 is 1.42 bits per heavy atom. The van der Waals surface area contributed by atoms with Crippen LogP contribution in [-0.4, -0.2) is 20.6 Å². The van der Waals surface area contributed by atoms with Gasteiger partial charge in [-0.15, -0.1) is 0 Å². The van der Waals surface area contributed by atoms with E-state index in [1.165, 1.54) is 0 Å². The Morgan fingerprint density at radius 3 is 2.89 bits per heavy atom. The first-order chi connectivity index (χ1) is 9.15. The van der Waals surface area contributed by atoms with Crippen LogP contribution in [0.3, 0.4) is 0 Å². The SMILES string of the molecule is CCCCc1nc2cc(Cl)cnc2n1CC(N)CC. The first-order valence-electron chi connectivity index (χ1n) is 6.92. The smallest absolute Gasteiger partial charge is 0.160 e. The lowest BCUT2D eigenvalue weighted by atomic mass is 10.2. The summed E-state index contributed by atoms with van der Waals surface area (Å²) in [5.41, 5.74) is 7.83. The van der Waals surface area contributed by atoms with E-state index in [2.05, 4.69) is 28.4 Å². The molecule has 1 atom stereocenters. The molecule has 0 aromatic carbocycles. The number of halogens is 1. The van der Waals surface area contributed by atoms with Gasteiger partial charge in [0.1, 0.15) is 11.3 Å². The lowest BCUT2D eigenvalue weighted by Crippen LogP contribution is -2.26. The lowest BCUT2D eigenvalue weighted by molar-refractivity contribution is 0.526. The summed E-state index contributed by atoms with van der Waals surface area (Å²) in [6.45, 7) is 5.04. The van der Waals surface area contributed by atoms with Crippen LogP contribution < -0.4 is 5.73 Å². The summed E-state index contributed by atoms with van der Waals surface area (Å²) >= 11 is 5.98. The van der Waals surface area contributed by atoms with Crippen molar-refractivity contribution in [3.05, 3.63) is 23.1 Å². The summed E-state index contributed by atoms with van der Waals surface area (Å²) in [6.07, 6.45) is 5.85. The van der Waals surface area contributed by atoms with E-state index in [0.717, 1.165) is 49.2 Å². The summed E-state index contributed by atoms with van der Waals surface area (Å²) in [4.78, 5) is 9.07. The monoisotopic (exact) mass is 280 g/mol. The summed E-state index contributed by atoms with van der Waals surface area (Å²) in [6, 6.07) is 2.00. The molecule has 1 unspecified atom stereocenters. The van der Waals surface area contributed by atoms with Gasteiger partial charge < -0.3 is 10.3 Å². The zero-order chi connectivity index (χ0) is 13.8. The number of nitrogens with zero attached hydrogens (tertiary/aromatic N) is 3. The van der Waals surface area contributed by atoms with Crippen LogP contribution in [0.15, 0.2) is 12.3 Å². The third-order valence-electron chi connectivity index (χ3n) is 3.33. The van der Waals surface area contributed by atoms with Crippen LogP contribution in [0.4, 0.5) is 0 Å². The van der Waals surface area contributed by atoms with Crippen molar-refractivity contribution in [3.63, 3.8) is 0 Å². The third kappa shape index (κ3) is 3.25. The quantitative estimate of drug-likeness (QED) is 0.884. The van der Waals surface area contributed by atoms with Gasteiger partial charge in [-0.2, -0.15) is 0 Å². The molecule has 104 valence electrons. The first-order valence-corrected chi connectivity index (χ1v) is 7.29. The van der Waals surface area contributed by atoms with Crippen molar-refractivity contribution in [1.29, 1.82) is 0 Å². The standard InChI is InChI=1S/C14H21ClN4/c1-3-5-6-13-18-12-7-10(15)8-17-14(12)19(13)9-11(16)4-2/h7-8,11H,3-6,9,16H2,1-2H3. The molecule has 5 heteroatoms. The van der Waals surface area contributed by atoms with Gasteiger partial charge in [0.25, 0.3) is 0 Å². The second-order valence-corrected chi connectivity index (χ2v) is 5.34. The number of hydrogen-bond acceptors (Lipinski definition) is 3. The number of nitrogens with two attached hydrogens (primary N) is 1. The maximum atomic E-state index is 6.08. The van der Waals surface area contributed by atoms with E-state index in [1.54, 1.807) is 6.20 Å². The maximum Gasteiger partial charge on any atom is 0.160 e. The highest BCUT2D eigenvalue weighted by atomic mass is 35.5. The average Bonchev–Trinajstić information content (AvgIpc) is 2.73. The lowest BCUT2D eigenvalue weighted by Gasteiger charge is -2.13. The molecule has 0 aliphatic rings. The predicted octanol–water partition coefficient (Wildman–Crippen LogP) is 3.16. The molecule has 0 fully saturated rings. The molecule has 2 aromatic rings. The van der Waals surface area contributed by atoms with Gasteiger partial charge in [-0.05, 0) is 18.9 Å². The Bertz CT molecular complexity index is 550. The Labute approximate surface area is 119 Å². The fourth-order valence-corrected chi connectivity index (χ4v) is 2.27. The molecular weight excluding hydrogens is 260 g/mol. The molecule has 0 aliphatic carbocycles. The van der Waals surface area contributed by atoms with Crippen LogP contribution in [0, 0.1) is 0 Å². The second kappa shape index (κ2) is 6.35. The largest absolute Gasteiger partial charge is 0.326 e. The first kappa shape index (κ1) is 14.3. The van der Waals surface area contributed by atoms with E-state index in [9.17, 15) is 0 Å². The number of aromatic nitrogens is 3. The molecule has 2 aromatic heterocycles. The fourth-order valence-electron chi connectivity index (χ4n) is 2.11. The molecule has 2 N–H and O–H groups in total. The minimum Gasteiger partial charge on any atom is -0.326 e. The third-order valence-corrected chi connectivity index (χ3v) is 3.53. The van der Waals surface area contributed by atoms with Crippen LogP contribution in [0.1, 0.15) is 38.9 Å². The number of pyridine rings is 1. The highest BCUT2D eigenvalue weighted by Crippen LogP contribution is 2.19. The summed E-state index contributed by atoms with van der Waals surface area (Å²) < 4.78 is 2.15. The maximum absolute atomic E-state index is 6.08. The molecule has 4 nitrogen and oxygen atoms in total. The van der Waals surface area contributed by atoms with Gasteiger partial charge in [-0.1, -0.05) is 31.9 Å². The fraction of sp³-hybridized carbons (Fsp3) is 0.571. The van der Waals surface area contributed by atoms with Crippen molar-refractivity contribution in [2.24, 2.45) is 5.73 Å². The van der Waals surface area contributed by atoms with Gasteiger partial charge in [0.05, 0.1) is 5.02 Å². The van der Waals surface area contributed by atoms with Crippen molar-refractivity contribution in [2.45, 2.75) is 52.1 Å². The van der Waals surface area contributed by atoms with E-state index in [1.807, 2.05) is 6.07 Å². The van der Waals surface area contributed by atoms with Crippen molar-refractivity contribution in [2.75, 3.05) is 0 Å². The Kier molecular flexibility index (Phi) is 4.77. The van der Waals surface area contributed by atoms with Crippen LogP contribution in [0.5, 0.6) is 0 Å². The molecule has 0 amide bonds. The number of hydrogen-bond donors (Lipinski definition) is 1. The number of imidazole rings is 1. The van der Waals surface area contributed by atoms with Gasteiger partial charge in [0.15, 0.2) is 5.65 Å². The number of rotatable bonds is 6. The van der Waals surface area contributed by atoms with Crippen LogP contribution in [0.25, 0.3) is 11.2 Å². The zero-order valence-corrected chi connectivity index (χ0v) is 12.3. The molecule has 2 heterocycles. The zero-order valence-electron chi connectivity index (χ0n) is 11.6. The molecule has 0 bridgehead atoms. The minimum atomic E-state index is 0.134. The average molecular weight is 281 g/mol. The molecule has 0 saturated carbocycles. The Morgan fingerprint density at radius 2 is 2.21 bits per heavy atom. The van der Waals surface area contributed by atoms with E-state index < -0.39 is 0 Å². The molecule has 0 aliphatic heterocycles. The second-order valence-electron chi connectivity index (χ2n) is 4.91. The predicted molar refractivity (Wildman–Crippen MR) is 79.4 cm³/mol. The summed E-state index contributed by atoms with van der Waals surface area (Å²) in [5, 5.41) is 0.624. The van der Waals surface area contributed by atoms with E-state index in [4.69, 9.17) is 17.3 Å². The van der Waals surface area contributed by atoms with Gasteiger partial charge in [0, 0.05) is 25.2 Å². The topological polar surface area (TPSA) is 56.7 Å². The Balaban J connectivity index is 2.42. The van der Waals surface area contributed by atoms with Crippen LogP contribution in [-0.2, 0) is 13.0 Å². The summed E-state index contributed by atoms with van der Waals surface area (Å²) in [7, 11) is 0. The van der Waals surface area contributed by atoms with Crippen molar-refractivity contribution in [3.8, 4) is 0 Å². The van der Waals surface area contributed by atoms with Gasteiger partial charge in [-0.3, -0.25) is 0 Å². The molecule has 0 saturated heterocycles. The minimum absolute atomic E-state index is 0.134. The van der Waals surface area contributed by atoms with Gasteiger partial charge in [0.2, 0.25) is 0 Å². The Hall–Kier alpha value is -1.13. The molecule has 2 rings (SSSR count). The molecular formula is C14H21ClN4. The number of fused-ring (bicyclic) bond motifs is 1. The van der Waals surface area contributed by atoms with E-state index >= 15 is 0 Å². The number of aryl methyl sites for hydroxylation is 1. The normalized spacial score (nSPS) is 13.1. The molecule has 0 radical (unpaired) electrons. The number of unbranched alkanes of at least 4 members (excludes halogenated alkanes) is 1. The highest BCUT2D eigenvalue weighted by molar-refractivity contribution is 6.31. The van der Waals surface area contributed by atoms with Crippen molar-refractivity contribution in [1.82, 2.24) is 14.5 Å². The van der Waals surface area contributed by atoms with Crippen LogP contribution in [0.2, 0.25) is 5.02 Å². The summed E-state index contributed by atoms with van der Waals surface area (Å²) in [5.74, 6) is 1.07. The van der Waals surface area contributed by atoms with Gasteiger partial charge in [-0.25, -0.2) is 9.97 Å². The van der Waals surface area contributed by atoms with E-state index in [-0.39, 0.29) is 6.04 Å². The van der Waals surface area contributed by atoms with Gasteiger partial charge >= 0.3 is 0 Å². The van der Waals surface area contributed by atoms with E-state index in [0.29, 0.717) is 5.02 Å². The van der Waals surface area contributed by atoms with Crippen molar-refractivity contribution >= 4 is 22.8 Å². The van der Waals surface area contributed by atoms with Crippen molar-refractivity contribution < 1.29 is 0 Å². The molecule has 19 heavy (non-hydrogen) atoms. The molecule has 0 spiro atoms. The van der Waals surface area contributed by atoms with Crippen LogP contribution >= 0.6 is 11.6 Å².